The third-order valence-electron chi connectivity index (χ3n) is 5.04. The van der Waals surface area contributed by atoms with Crippen molar-refractivity contribution in [3.05, 3.63) is 47.8 Å². The van der Waals surface area contributed by atoms with E-state index in [1.54, 1.807) is 17.9 Å². The summed E-state index contributed by atoms with van der Waals surface area (Å²) in [6.07, 6.45) is 7.01. The van der Waals surface area contributed by atoms with E-state index in [1.165, 1.54) is 6.08 Å². The number of aromatic nitrogens is 3. The first-order valence-electron chi connectivity index (χ1n) is 10.2. The summed E-state index contributed by atoms with van der Waals surface area (Å²) in [5.41, 5.74) is 2.42. The second-order valence-electron chi connectivity index (χ2n) is 7.38. The molecule has 0 atom stereocenters. The Morgan fingerprint density at radius 1 is 1.26 bits per heavy atom. The van der Waals surface area contributed by atoms with E-state index >= 15 is 0 Å². The maximum Gasteiger partial charge on any atom is 0.257 e. The fourth-order valence-electron chi connectivity index (χ4n) is 3.51. The molecule has 1 N–H and O–H groups in total. The van der Waals surface area contributed by atoms with Gasteiger partial charge in [-0.3, -0.25) is 9.48 Å². The van der Waals surface area contributed by atoms with Crippen molar-refractivity contribution in [1.29, 1.82) is 0 Å². The van der Waals surface area contributed by atoms with E-state index in [0.717, 1.165) is 46.6 Å². The summed E-state index contributed by atoms with van der Waals surface area (Å²) in [5, 5.41) is 5.48. The van der Waals surface area contributed by atoms with Crippen molar-refractivity contribution in [3.8, 4) is 11.6 Å². The van der Waals surface area contributed by atoms with Crippen molar-refractivity contribution < 1.29 is 17.9 Å². The number of nitrogens with one attached hydrogen (secondary N) is 1. The molecule has 0 bridgehead atoms. The molecule has 0 saturated carbocycles. The molecule has 0 unspecified atom stereocenters. The number of rotatable bonds is 9. The number of carbonyl (C=O) groups excluding carboxylic acids is 1. The van der Waals surface area contributed by atoms with E-state index in [0.29, 0.717) is 6.42 Å². The first-order valence-corrected chi connectivity index (χ1v) is 11.8. The molecule has 2 aromatic heterocycles. The first-order chi connectivity index (χ1) is 14.8. The summed E-state index contributed by atoms with van der Waals surface area (Å²) in [6, 6.07) is 7.76. The third-order valence-corrected chi connectivity index (χ3v) is 6.38. The molecule has 31 heavy (non-hydrogen) atoms. The molecule has 0 fully saturated rings. The Morgan fingerprint density at radius 2 is 2.03 bits per heavy atom. The Hall–Kier alpha value is -3.07. The number of aryl methyl sites for hydroxylation is 2. The molecule has 166 valence electrons. The minimum absolute atomic E-state index is 0.0591. The van der Waals surface area contributed by atoms with Gasteiger partial charge in [-0.25, -0.2) is 13.1 Å². The van der Waals surface area contributed by atoms with Crippen LogP contribution in [0.5, 0.6) is 5.75 Å². The van der Waals surface area contributed by atoms with Crippen LogP contribution in [0.15, 0.2) is 36.5 Å². The van der Waals surface area contributed by atoms with E-state index < -0.39 is 15.9 Å². The number of amides is 1. The van der Waals surface area contributed by atoms with Crippen LogP contribution < -0.4 is 9.46 Å². The number of carbonyl (C=O) groups is 1. The van der Waals surface area contributed by atoms with Gasteiger partial charge in [0.25, 0.3) is 5.91 Å². The van der Waals surface area contributed by atoms with Gasteiger partial charge in [0.1, 0.15) is 11.6 Å². The average Bonchev–Trinajstić information content (AvgIpc) is 3.24. The lowest BCUT2D eigenvalue weighted by Crippen LogP contribution is -2.31. The van der Waals surface area contributed by atoms with Gasteiger partial charge in [-0.15, -0.1) is 0 Å². The molecule has 2 heterocycles. The molecule has 1 amide bonds. The Balaban J connectivity index is 1.88. The van der Waals surface area contributed by atoms with E-state index in [4.69, 9.17) is 4.74 Å². The van der Waals surface area contributed by atoms with Gasteiger partial charge in [0.2, 0.25) is 10.0 Å². The summed E-state index contributed by atoms with van der Waals surface area (Å²) < 4.78 is 35.2. The van der Waals surface area contributed by atoms with Crippen LogP contribution in [-0.4, -0.2) is 41.5 Å². The Kier molecular flexibility index (Phi) is 6.84. The van der Waals surface area contributed by atoms with Gasteiger partial charge in [0.05, 0.1) is 24.1 Å². The Labute approximate surface area is 182 Å². The number of fused-ring (bicyclic) bond motifs is 1. The second-order valence-corrected chi connectivity index (χ2v) is 9.22. The maximum atomic E-state index is 12.2. The highest BCUT2D eigenvalue weighted by molar-refractivity contribution is 7.90. The van der Waals surface area contributed by atoms with Crippen molar-refractivity contribution in [3.63, 3.8) is 0 Å². The predicted octanol–water partition coefficient (Wildman–Crippen LogP) is 3.33. The molecule has 0 aliphatic carbocycles. The number of hydrogen-bond donors (Lipinski definition) is 1. The SMILES string of the molecule is CCCCCS(=O)(=O)NC(=O)/C=C/c1c(C)nn(C)c1-n1ccc2cc(OC)ccc21. The minimum Gasteiger partial charge on any atom is -0.497 e. The summed E-state index contributed by atoms with van der Waals surface area (Å²) in [7, 11) is -0.188. The lowest BCUT2D eigenvalue weighted by Gasteiger charge is -2.09. The fraction of sp³-hybridized carbons (Fsp3) is 0.364. The van der Waals surface area contributed by atoms with Crippen LogP contribution in [0.1, 0.15) is 37.4 Å². The highest BCUT2D eigenvalue weighted by atomic mass is 32.2. The van der Waals surface area contributed by atoms with Crippen LogP contribution in [0.4, 0.5) is 0 Å². The summed E-state index contributed by atoms with van der Waals surface area (Å²) in [5.74, 6) is 0.805. The molecule has 0 radical (unpaired) electrons. The maximum absolute atomic E-state index is 12.2. The molecule has 1 aromatic carbocycles. The van der Waals surface area contributed by atoms with Crippen LogP contribution in [0.25, 0.3) is 22.8 Å². The van der Waals surface area contributed by atoms with Gasteiger partial charge in [0, 0.05) is 30.3 Å². The van der Waals surface area contributed by atoms with E-state index in [1.807, 2.05) is 55.9 Å². The second kappa shape index (κ2) is 9.38. The van der Waals surface area contributed by atoms with Gasteiger partial charge in [-0.1, -0.05) is 19.8 Å². The monoisotopic (exact) mass is 444 g/mol. The van der Waals surface area contributed by atoms with Crippen molar-refractivity contribution in [1.82, 2.24) is 19.1 Å². The number of nitrogens with zero attached hydrogens (tertiary/aromatic N) is 3. The van der Waals surface area contributed by atoms with Crippen molar-refractivity contribution >= 4 is 32.9 Å². The fourth-order valence-corrected chi connectivity index (χ4v) is 4.58. The largest absolute Gasteiger partial charge is 0.497 e. The molecule has 9 heteroatoms. The molecule has 0 saturated heterocycles. The Morgan fingerprint density at radius 3 is 2.74 bits per heavy atom. The number of sulfonamides is 1. The minimum atomic E-state index is -3.64. The molecule has 8 nitrogen and oxygen atoms in total. The van der Waals surface area contributed by atoms with Gasteiger partial charge < -0.3 is 9.30 Å². The lowest BCUT2D eigenvalue weighted by molar-refractivity contribution is -0.114. The topological polar surface area (TPSA) is 95.2 Å². The quantitative estimate of drug-likeness (QED) is 0.403. The standard InChI is InChI=1S/C22H28N4O4S/c1-5-6-7-14-31(28,29)24-21(27)11-9-19-16(2)23-25(3)22(19)26-13-12-17-15-18(30-4)8-10-20(17)26/h8-13,15H,5-7,14H2,1-4H3,(H,24,27)/b11-9+. The van der Waals surface area contributed by atoms with Crippen LogP contribution in [0, 0.1) is 6.92 Å². The molecule has 0 aliphatic heterocycles. The highest BCUT2D eigenvalue weighted by Gasteiger charge is 2.17. The lowest BCUT2D eigenvalue weighted by atomic mass is 10.2. The third kappa shape index (κ3) is 5.16. The van der Waals surface area contributed by atoms with E-state index in [-0.39, 0.29) is 5.75 Å². The molecular weight excluding hydrogens is 416 g/mol. The summed E-state index contributed by atoms with van der Waals surface area (Å²) in [6.45, 7) is 3.84. The molecule has 3 rings (SSSR count). The van der Waals surface area contributed by atoms with Crippen LogP contribution in [0.3, 0.4) is 0 Å². The van der Waals surface area contributed by atoms with Gasteiger partial charge in [-0.05, 0) is 43.7 Å². The van der Waals surface area contributed by atoms with Crippen LogP contribution in [-0.2, 0) is 21.9 Å². The first kappa shape index (κ1) is 22.6. The van der Waals surface area contributed by atoms with Crippen molar-refractivity contribution in [2.75, 3.05) is 12.9 Å². The van der Waals surface area contributed by atoms with Crippen LogP contribution in [0.2, 0.25) is 0 Å². The molecule has 0 spiro atoms. The average molecular weight is 445 g/mol. The molecule has 3 aromatic rings. The molecule has 0 aliphatic rings. The number of ether oxygens (including phenoxy) is 1. The van der Waals surface area contributed by atoms with Gasteiger partial charge in [0.15, 0.2) is 0 Å². The Bertz CT molecular complexity index is 1220. The zero-order valence-electron chi connectivity index (χ0n) is 18.3. The summed E-state index contributed by atoms with van der Waals surface area (Å²) in [4.78, 5) is 12.2. The number of methoxy groups -OCH3 is 1. The van der Waals surface area contributed by atoms with Crippen molar-refractivity contribution in [2.45, 2.75) is 33.1 Å². The number of unbranched alkanes of at least 4 members (excludes halogenated alkanes) is 2. The number of hydrogen-bond acceptors (Lipinski definition) is 5. The van der Waals surface area contributed by atoms with E-state index in [9.17, 15) is 13.2 Å². The zero-order valence-corrected chi connectivity index (χ0v) is 19.1. The zero-order chi connectivity index (χ0) is 22.6. The van der Waals surface area contributed by atoms with Crippen molar-refractivity contribution in [2.24, 2.45) is 7.05 Å². The predicted molar refractivity (Wildman–Crippen MR) is 122 cm³/mol. The van der Waals surface area contributed by atoms with Crippen LogP contribution >= 0.6 is 0 Å². The number of benzene rings is 1. The smallest absolute Gasteiger partial charge is 0.257 e. The van der Waals surface area contributed by atoms with E-state index in [2.05, 4.69) is 9.82 Å². The highest BCUT2D eigenvalue weighted by Crippen LogP contribution is 2.27. The normalized spacial score (nSPS) is 12.0. The molecular formula is C22H28N4O4S. The van der Waals surface area contributed by atoms with Gasteiger partial charge in [-0.2, -0.15) is 5.10 Å². The van der Waals surface area contributed by atoms with Gasteiger partial charge >= 0.3 is 0 Å². The summed E-state index contributed by atoms with van der Waals surface area (Å²) >= 11 is 0.